The van der Waals surface area contributed by atoms with Crippen molar-refractivity contribution in [1.29, 1.82) is 0 Å². The summed E-state index contributed by atoms with van der Waals surface area (Å²) in [6.45, 7) is 5.59. The van der Waals surface area contributed by atoms with Crippen LogP contribution in [-0.4, -0.2) is 21.8 Å². The lowest BCUT2D eigenvalue weighted by atomic mass is 9.80. The highest BCUT2D eigenvalue weighted by molar-refractivity contribution is 5.71. The van der Waals surface area contributed by atoms with Crippen molar-refractivity contribution < 1.29 is 15.0 Å². The molecule has 13 heavy (non-hydrogen) atoms. The third kappa shape index (κ3) is 2.99. The Balaban J connectivity index is 4.58. The van der Waals surface area contributed by atoms with Gasteiger partial charge in [-0.2, -0.15) is 0 Å². The molecule has 2 atom stereocenters. The summed E-state index contributed by atoms with van der Waals surface area (Å²) >= 11 is 0. The first-order chi connectivity index (χ1) is 6.01. The van der Waals surface area contributed by atoms with Crippen molar-refractivity contribution in [3.8, 4) is 0 Å². The summed E-state index contributed by atoms with van der Waals surface area (Å²) in [5.41, 5.74) is -1.02. The number of rotatable bonds is 6. The van der Waals surface area contributed by atoms with E-state index in [1.165, 1.54) is 0 Å². The minimum Gasteiger partial charge on any atom is -0.481 e. The molecule has 2 N–H and O–H groups in total. The molecule has 0 rings (SSSR count). The SMILES string of the molecule is CCCC(O)(CC)C(CC)C(=O)O. The zero-order chi connectivity index (χ0) is 10.5. The van der Waals surface area contributed by atoms with Crippen molar-refractivity contribution in [1.82, 2.24) is 0 Å². The molecule has 3 nitrogen and oxygen atoms in total. The number of carboxylic acids is 1. The number of carboxylic acid groups (broad SMARTS) is 1. The summed E-state index contributed by atoms with van der Waals surface area (Å²) in [5.74, 6) is -1.52. The summed E-state index contributed by atoms with van der Waals surface area (Å²) in [6, 6.07) is 0. The molecular formula is C10H20O3. The average molecular weight is 188 g/mol. The molecule has 0 amide bonds. The molecule has 0 saturated heterocycles. The second kappa shape index (κ2) is 5.22. The van der Waals surface area contributed by atoms with E-state index >= 15 is 0 Å². The van der Waals surface area contributed by atoms with Crippen molar-refractivity contribution in [3.05, 3.63) is 0 Å². The Hall–Kier alpha value is -0.570. The van der Waals surface area contributed by atoms with Gasteiger partial charge in [-0.15, -0.1) is 0 Å². The van der Waals surface area contributed by atoms with E-state index in [1.54, 1.807) is 6.92 Å². The van der Waals surface area contributed by atoms with E-state index in [9.17, 15) is 9.90 Å². The van der Waals surface area contributed by atoms with E-state index in [4.69, 9.17) is 5.11 Å². The average Bonchev–Trinajstić information content (AvgIpc) is 2.05. The lowest BCUT2D eigenvalue weighted by Crippen LogP contribution is -2.41. The van der Waals surface area contributed by atoms with Gasteiger partial charge >= 0.3 is 5.97 Å². The van der Waals surface area contributed by atoms with Crippen LogP contribution in [0.3, 0.4) is 0 Å². The van der Waals surface area contributed by atoms with Crippen LogP contribution < -0.4 is 0 Å². The van der Waals surface area contributed by atoms with E-state index in [0.717, 1.165) is 6.42 Å². The van der Waals surface area contributed by atoms with E-state index in [2.05, 4.69) is 0 Å². The molecular weight excluding hydrogens is 168 g/mol. The Labute approximate surface area is 79.8 Å². The molecule has 0 spiro atoms. The minimum absolute atomic E-state index is 0.486. The van der Waals surface area contributed by atoms with E-state index in [1.807, 2.05) is 13.8 Å². The fourth-order valence-corrected chi connectivity index (χ4v) is 1.81. The highest BCUT2D eigenvalue weighted by Gasteiger charge is 2.37. The second-order valence-corrected chi connectivity index (χ2v) is 3.51. The predicted octanol–water partition coefficient (Wildman–Crippen LogP) is 2.04. The zero-order valence-electron chi connectivity index (χ0n) is 8.71. The van der Waals surface area contributed by atoms with Gasteiger partial charge in [0, 0.05) is 0 Å². The van der Waals surface area contributed by atoms with Gasteiger partial charge < -0.3 is 10.2 Å². The second-order valence-electron chi connectivity index (χ2n) is 3.51. The number of carbonyl (C=O) groups is 1. The molecule has 78 valence electrons. The topological polar surface area (TPSA) is 57.5 Å². The van der Waals surface area contributed by atoms with Crippen LogP contribution in [0.5, 0.6) is 0 Å². The molecule has 0 bridgehead atoms. The molecule has 3 heteroatoms. The molecule has 0 saturated carbocycles. The number of hydrogen-bond acceptors (Lipinski definition) is 2. The van der Waals surface area contributed by atoms with Gasteiger partial charge in [-0.1, -0.05) is 27.2 Å². The first kappa shape index (κ1) is 12.4. The van der Waals surface area contributed by atoms with Crippen molar-refractivity contribution in [2.24, 2.45) is 5.92 Å². The molecule has 0 aromatic heterocycles. The van der Waals surface area contributed by atoms with Crippen LogP contribution in [0.2, 0.25) is 0 Å². The van der Waals surface area contributed by atoms with Crippen molar-refractivity contribution >= 4 is 5.97 Å². The normalized spacial score (nSPS) is 17.8. The Kier molecular flexibility index (Phi) is 4.99. The van der Waals surface area contributed by atoms with Crippen LogP contribution in [0.1, 0.15) is 46.5 Å². The van der Waals surface area contributed by atoms with Crippen LogP contribution in [0.15, 0.2) is 0 Å². The monoisotopic (exact) mass is 188 g/mol. The van der Waals surface area contributed by atoms with E-state index < -0.39 is 17.5 Å². The largest absolute Gasteiger partial charge is 0.481 e. The van der Waals surface area contributed by atoms with Crippen molar-refractivity contribution in [2.75, 3.05) is 0 Å². The van der Waals surface area contributed by atoms with Gasteiger partial charge in [0.1, 0.15) is 0 Å². The van der Waals surface area contributed by atoms with E-state index in [-0.39, 0.29) is 0 Å². The molecule has 0 aromatic carbocycles. The molecule has 0 aliphatic rings. The molecule has 0 heterocycles. The van der Waals surface area contributed by atoms with Crippen LogP contribution in [0.4, 0.5) is 0 Å². The maximum atomic E-state index is 10.9. The van der Waals surface area contributed by atoms with Crippen LogP contribution in [-0.2, 0) is 4.79 Å². The van der Waals surface area contributed by atoms with Crippen LogP contribution >= 0.6 is 0 Å². The highest BCUT2D eigenvalue weighted by Crippen LogP contribution is 2.29. The lowest BCUT2D eigenvalue weighted by Gasteiger charge is -2.32. The Morgan fingerprint density at radius 3 is 2.15 bits per heavy atom. The summed E-state index contributed by atoms with van der Waals surface area (Å²) in [6.07, 6.45) is 2.37. The number of hydrogen-bond donors (Lipinski definition) is 2. The molecule has 2 unspecified atom stereocenters. The smallest absolute Gasteiger partial charge is 0.309 e. The first-order valence-corrected chi connectivity index (χ1v) is 4.97. The number of aliphatic carboxylic acids is 1. The Bertz CT molecular complexity index is 168. The number of aliphatic hydroxyl groups is 1. The van der Waals surface area contributed by atoms with Crippen LogP contribution in [0, 0.1) is 5.92 Å². The van der Waals surface area contributed by atoms with Crippen LogP contribution in [0.25, 0.3) is 0 Å². The summed E-state index contributed by atoms with van der Waals surface area (Å²) in [7, 11) is 0. The van der Waals surface area contributed by atoms with Gasteiger partial charge in [0.15, 0.2) is 0 Å². The third-order valence-electron chi connectivity index (χ3n) is 2.65. The quantitative estimate of drug-likeness (QED) is 0.670. The van der Waals surface area contributed by atoms with Gasteiger partial charge in [-0.05, 0) is 19.3 Å². The Morgan fingerprint density at radius 1 is 1.38 bits per heavy atom. The van der Waals surface area contributed by atoms with Gasteiger partial charge in [0.05, 0.1) is 11.5 Å². The summed E-state index contributed by atoms with van der Waals surface area (Å²) in [4.78, 5) is 10.9. The summed E-state index contributed by atoms with van der Waals surface area (Å²) < 4.78 is 0. The molecule has 0 aliphatic carbocycles. The standard InChI is InChI=1S/C10H20O3/c1-4-7-10(13,6-3)8(5-2)9(11)12/h8,13H,4-7H2,1-3H3,(H,11,12). The third-order valence-corrected chi connectivity index (χ3v) is 2.65. The Morgan fingerprint density at radius 2 is 1.92 bits per heavy atom. The molecule has 0 aromatic rings. The maximum Gasteiger partial charge on any atom is 0.309 e. The first-order valence-electron chi connectivity index (χ1n) is 4.97. The van der Waals surface area contributed by atoms with Gasteiger partial charge in [0.2, 0.25) is 0 Å². The zero-order valence-corrected chi connectivity index (χ0v) is 8.71. The fraction of sp³-hybridized carbons (Fsp3) is 0.900. The predicted molar refractivity (Wildman–Crippen MR) is 51.6 cm³/mol. The fourth-order valence-electron chi connectivity index (χ4n) is 1.81. The van der Waals surface area contributed by atoms with Gasteiger partial charge in [0.25, 0.3) is 0 Å². The lowest BCUT2D eigenvalue weighted by molar-refractivity contribution is -0.153. The van der Waals surface area contributed by atoms with Gasteiger partial charge in [-0.25, -0.2) is 0 Å². The van der Waals surface area contributed by atoms with Crippen molar-refractivity contribution in [2.45, 2.75) is 52.1 Å². The molecule has 0 aliphatic heterocycles. The van der Waals surface area contributed by atoms with E-state index in [0.29, 0.717) is 19.3 Å². The minimum atomic E-state index is -1.02. The van der Waals surface area contributed by atoms with Gasteiger partial charge in [-0.3, -0.25) is 4.79 Å². The summed E-state index contributed by atoms with van der Waals surface area (Å²) in [5, 5.41) is 19.0. The molecule has 0 fully saturated rings. The van der Waals surface area contributed by atoms with Crippen molar-refractivity contribution in [3.63, 3.8) is 0 Å². The maximum absolute atomic E-state index is 10.9. The molecule has 0 radical (unpaired) electrons. The highest BCUT2D eigenvalue weighted by atomic mass is 16.4.